The predicted molar refractivity (Wildman–Crippen MR) is 117 cm³/mol. The summed E-state index contributed by atoms with van der Waals surface area (Å²) in [5.74, 6) is 1.02. The maximum absolute atomic E-state index is 12.5. The fourth-order valence-electron chi connectivity index (χ4n) is 3.82. The van der Waals surface area contributed by atoms with Crippen molar-refractivity contribution in [2.24, 2.45) is 0 Å². The topological polar surface area (TPSA) is 89.1 Å². The lowest BCUT2D eigenvalue weighted by atomic mass is 10.1. The standard InChI is InChI=1S/C22H15N5O2S/c1-12-10-18-25-26-22(27(18)15-8-4-2-6-13(12)15)30-11-17-23-19-14-7-3-5-9-16(14)29-20(19)21(28)24-17/h2-10H,11H2,1H3,(H,23,24,28). The molecule has 0 aliphatic rings. The number of hydrogen-bond acceptors (Lipinski definition) is 6. The molecule has 7 nitrogen and oxygen atoms in total. The highest BCUT2D eigenvalue weighted by Gasteiger charge is 2.15. The summed E-state index contributed by atoms with van der Waals surface area (Å²) in [4.78, 5) is 20.0. The van der Waals surface area contributed by atoms with Crippen LogP contribution in [0.2, 0.25) is 0 Å². The molecule has 0 saturated carbocycles. The summed E-state index contributed by atoms with van der Waals surface area (Å²) in [5, 5.41) is 11.4. The van der Waals surface area contributed by atoms with Crippen molar-refractivity contribution >= 4 is 50.4 Å². The third-order valence-electron chi connectivity index (χ3n) is 5.19. The van der Waals surface area contributed by atoms with Gasteiger partial charge in [-0.2, -0.15) is 0 Å². The summed E-state index contributed by atoms with van der Waals surface area (Å²) in [7, 11) is 0. The van der Waals surface area contributed by atoms with Gasteiger partial charge in [0, 0.05) is 10.8 Å². The number of aromatic nitrogens is 5. The molecule has 8 heteroatoms. The van der Waals surface area contributed by atoms with E-state index in [1.54, 1.807) is 0 Å². The molecule has 0 aliphatic carbocycles. The zero-order valence-electron chi connectivity index (χ0n) is 15.9. The Hall–Kier alpha value is -3.65. The first kappa shape index (κ1) is 17.2. The molecule has 0 atom stereocenters. The Labute approximate surface area is 173 Å². The van der Waals surface area contributed by atoms with Crippen molar-refractivity contribution in [2.75, 3.05) is 0 Å². The minimum Gasteiger partial charge on any atom is -0.449 e. The van der Waals surface area contributed by atoms with Crippen LogP contribution in [0.1, 0.15) is 11.4 Å². The fourth-order valence-corrected chi connectivity index (χ4v) is 4.64. The molecule has 0 spiro atoms. The molecule has 0 fully saturated rings. The number of aromatic amines is 1. The number of aryl methyl sites for hydroxylation is 1. The van der Waals surface area contributed by atoms with E-state index in [1.165, 1.54) is 11.8 Å². The molecule has 2 aromatic carbocycles. The number of thioether (sulfide) groups is 1. The van der Waals surface area contributed by atoms with Gasteiger partial charge in [-0.1, -0.05) is 42.1 Å². The van der Waals surface area contributed by atoms with Crippen molar-refractivity contribution in [1.82, 2.24) is 24.6 Å². The summed E-state index contributed by atoms with van der Waals surface area (Å²) in [6, 6.07) is 17.7. The van der Waals surface area contributed by atoms with Gasteiger partial charge < -0.3 is 9.40 Å². The lowest BCUT2D eigenvalue weighted by Crippen LogP contribution is -2.10. The number of rotatable bonds is 3. The number of nitrogens with zero attached hydrogens (tertiary/aromatic N) is 4. The molecule has 0 radical (unpaired) electrons. The molecule has 146 valence electrons. The summed E-state index contributed by atoms with van der Waals surface area (Å²) in [6.07, 6.45) is 0. The fraction of sp³-hybridized carbons (Fsp3) is 0.0909. The van der Waals surface area contributed by atoms with Gasteiger partial charge in [-0.3, -0.25) is 9.20 Å². The van der Waals surface area contributed by atoms with Crippen molar-refractivity contribution in [3.63, 3.8) is 0 Å². The molecule has 0 bridgehead atoms. The second kappa shape index (κ2) is 6.43. The van der Waals surface area contributed by atoms with Gasteiger partial charge in [0.1, 0.15) is 16.9 Å². The average Bonchev–Trinajstić information content (AvgIpc) is 3.34. The van der Waals surface area contributed by atoms with Gasteiger partial charge in [0.05, 0.1) is 11.3 Å². The first-order valence-corrected chi connectivity index (χ1v) is 10.4. The normalized spacial score (nSPS) is 11.9. The number of para-hydroxylation sites is 2. The Kier molecular flexibility index (Phi) is 3.69. The molecule has 4 heterocycles. The van der Waals surface area contributed by atoms with Gasteiger partial charge in [-0.25, -0.2) is 4.98 Å². The molecule has 0 amide bonds. The molecule has 1 N–H and O–H groups in total. The Bertz CT molecular complexity index is 1650. The van der Waals surface area contributed by atoms with E-state index in [0.29, 0.717) is 22.7 Å². The smallest absolute Gasteiger partial charge is 0.294 e. The predicted octanol–water partition coefficient (Wildman–Crippen LogP) is 4.47. The Morgan fingerprint density at radius 1 is 1.07 bits per heavy atom. The quantitative estimate of drug-likeness (QED) is 0.431. The van der Waals surface area contributed by atoms with Crippen LogP contribution in [0.25, 0.3) is 38.6 Å². The van der Waals surface area contributed by atoms with Crippen molar-refractivity contribution in [2.45, 2.75) is 17.8 Å². The number of H-pyrrole nitrogens is 1. The molecule has 0 unspecified atom stereocenters. The molecule has 0 saturated heterocycles. The molecular formula is C22H15N5O2S. The SMILES string of the molecule is Cc1cc2nnc(SCc3nc4c(oc5ccccc54)c(=O)[nH]3)n2c2ccccc12. The van der Waals surface area contributed by atoms with Gasteiger partial charge in [-0.15, -0.1) is 10.2 Å². The van der Waals surface area contributed by atoms with Gasteiger partial charge in [0.25, 0.3) is 5.56 Å². The van der Waals surface area contributed by atoms with Crippen LogP contribution in [0.15, 0.2) is 69.0 Å². The summed E-state index contributed by atoms with van der Waals surface area (Å²) >= 11 is 1.48. The van der Waals surface area contributed by atoms with E-state index in [0.717, 1.165) is 32.7 Å². The largest absolute Gasteiger partial charge is 0.449 e. The molecular weight excluding hydrogens is 398 g/mol. The maximum Gasteiger partial charge on any atom is 0.294 e. The van der Waals surface area contributed by atoms with Crippen LogP contribution in [0, 0.1) is 6.92 Å². The highest BCUT2D eigenvalue weighted by Crippen LogP contribution is 2.28. The number of pyridine rings is 1. The highest BCUT2D eigenvalue weighted by molar-refractivity contribution is 7.98. The second-order valence-electron chi connectivity index (χ2n) is 7.10. The lowest BCUT2D eigenvalue weighted by molar-refractivity contribution is 0.660. The zero-order valence-corrected chi connectivity index (χ0v) is 16.7. The number of furan rings is 1. The molecule has 6 aromatic rings. The van der Waals surface area contributed by atoms with Crippen LogP contribution in [-0.2, 0) is 5.75 Å². The molecule has 30 heavy (non-hydrogen) atoms. The zero-order chi connectivity index (χ0) is 20.2. The lowest BCUT2D eigenvalue weighted by Gasteiger charge is -2.07. The number of hydrogen-bond donors (Lipinski definition) is 1. The summed E-state index contributed by atoms with van der Waals surface area (Å²) in [5.41, 5.74) is 4.21. The van der Waals surface area contributed by atoms with Crippen molar-refractivity contribution < 1.29 is 4.42 Å². The van der Waals surface area contributed by atoms with Crippen molar-refractivity contribution in [1.29, 1.82) is 0 Å². The maximum atomic E-state index is 12.5. The molecule has 4 aromatic heterocycles. The van der Waals surface area contributed by atoms with Crippen molar-refractivity contribution in [3.8, 4) is 0 Å². The molecule has 6 rings (SSSR count). The van der Waals surface area contributed by atoms with Crippen molar-refractivity contribution in [3.05, 3.63) is 76.3 Å². The van der Waals surface area contributed by atoms with E-state index in [-0.39, 0.29) is 11.1 Å². The van der Waals surface area contributed by atoms with Gasteiger partial charge in [0.15, 0.2) is 10.8 Å². The van der Waals surface area contributed by atoms with E-state index in [2.05, 4.69) is 39.2 Å². The van der Waals surface area contributed by atoms with Crippen LogP contribution < -0.4 is 5.56 Å². The van der Waals surface area contributed by atoms with Crippen LogP contribution >= 0.6 is 11.8 Å². The summed E-state index contributed by atoms with van der Waals surface area (Å²) < 4.78 is 7.70. The Morgan fingerprint density at radius 3 is 2.77 bits per heavy atom. The third kappa shape index (κ3) is 2.54. The Morgan fingerprint density at radius 2 is 1.87 bits per heavy atom. The van der Waals surface area contributed by atoms with Gasteiger partial charge in [-0.05, 0) is 36.8 Å². The minimum atomic E-state index is -0.279. The second-order valence-corrected chi connectivity index (χ2v) is 8.04. The van der Waals surface area contributed by atoms with E-state index < -0.39 is 0 Å². The molecule has 0 aliphatic heterocycles. The monoisotopic (exact) mass is 413 g/mol. The number of nitrogens with one attached hydrogen (secondary N) is 1. The van der Waals surface area contributed by atoms with Gasteiger partial charge in [0.2, 0.25) is 5.58 Å². The third-order valence-corrected chi connectivity index (χ3v) is 6.13. The van der Waals surface area contributed by atoms with Crippen LogP contribution in [-0.4, -0.2) is 24.6 Å². The van der Waals surface area contributed by atoms with E-state index >= 15 is 0 Å². The number of fused-ring (bicyclic) bond motifs is 6. The van der Waals surface area contributed by atoms with E-state index in [9.17, 15) is 4.79 Å². The van der Waals surface area contributed by atoms with Crippen LogP contribution in [0.4, 0.5) is 0 Å². The Balaban J connectivity index is 1.43. The van der Waals surface area contributed by atoms with E-state index in [4.69, 9.17) is 4.42 Å². The van der Waals surface area contributed by atoms with Crippen LogP contribution in [0.3, 0.4) is 0 Å². The van der Waals surface area contributed by atoms with Crippen LogP contribution in [0.5, 0.6) is 0 Å². The highest BCUT2D eigenvalue weighted by atomic mass is 32.2. The van der Waals surface area contributed by atoms with E-state index in [1.807, 2.05) is 46.9 Å². The average molecular weight is 413 g/mol. The van der Waals surface area contributed by atoms with Gasteiger partial charge >= 0.3 is 0 Å². The summed E-state index contributed by atoms with van der Waals surface area (Å²) in [6.45, 7) is 2.07. The number of benzene rings is 2. The first-order valence-electron chi connectivity index (χ1n) is 9.46. The first-order chi connectivity index (χ1) is 14.7. The minimum absolute atomic E-state index is 0.249.